The van der Waals surface area contributed by atoms with Gasteiger partial charge >= 0.3 is 0 Å². The Hall–Kier alpha value is -1.80. The summed E-state index contributed by atoms with van der Waals surface area (Å²) in [6.45, 7) is 2.72. The molecule has 0 amide bonds. The molecule has 2 heteroatoms. The van der Waals surface area contributed by atoms with Crippen molar-refractivity contribution in [2.45, 2.75) is 31.2 Å². The number of benzene rings is 2. The predicted octanol–water partition coefficient (Wildman–Crippen LogP) is 4.08. The van der Waals surface area contributed by atoms with Gasteiger partial charge in [0, 0.05) is 11.5 Å². The normalized spacial score (nSPS) is 17.2. The van der Waals surface area contributed by atoms with Gasteiger partial charge in [0.05, 0.1) is 6.61 Å². The first kappa shape index (κ1) is 14.2. The first-order valence-corrected chi connectivity index (χ1v) is 7.76. The van der Waals surface area contributed by atoms with Gasteiger partial charge in [-0.05, 0) is 50.1 Å². The zero-order chi connectivity index (χ0) is 14.7. The molecule has 1 aliphatic carbocycles. The summed E-state index contributed by atoms with van der Waals surface area (Å²) in [5, 5.41) is 3.53. The quantitative estimate of drug-likeness (QED) is 0.861. The Balaban J connectivity index is 1.88. The molecule has 1 fully saturated rings. The third-order valence-electron chi connectivity index (χ3n) is 4.50. The molecule has 3 rings (SSSR count). The average molecular weight is 281 g/mol. The van der Waals surface area contributed by atoms with Gasteiger partial charge < -0.3 is 10.1 Å². The molecule has 0 heterocycles. The van der Waals surface area contributed by atoms with E-state index >= 15 is 0 Å². The monoisotopic (exact) mass is 281 g/mol. The molecular weight excluding hydrogens is 258 g/mol. The molecule has 0 radical (unpaired) electrons. The Labute approximate surface area is 127 Å². The van der Waals surface area contributed by atoms with Gasteiger partial charge in [0.2, 0.25) is 0 Å². The molecule has 2 aromatic rings. The van der Waals surface area contributed by atoms with E-state index in [1.807, 2.05) is 6.92 Å². The SMILES string of the molecule is CCOc1ccc(C(NC)C2(c3ccccc3)CC2)cc1. The standard InChI is InChI=1S/C19H23NO/c1-3-21-17-11-9-15(10-12-17)18(20-2)19(13-14-19)16-7-5-4-6-8-16/h4-12,18,20H,3,13-14H2,1-2H3. The summed E-state index contributed by atoms with van der Waals surface area (Å²) < 4.78 is 5.54. The van der Waals surface area contributed by atoms with Crippen LogP contribution in [0.25, 0.3) is 0 Å². The van der Waals surface area contributed by atoms with Gasteiger partial charge in [-0.3, -0.25) is 0 Å². The maximum Gasteiger partial charge on any atom is 0.119 e. The highest BCUT2D eigenvalue weighted by Gasteiger charge is 2.50. The summed E-state index contributed by atoms with van der Waals surface area (Å²) in [5.74, 6) is 0.945. The third-order valence-corrected chi connectivity index (χ3v) is 4.50. The number of nitrogens with one attached hydrogen (secondary N) is 1. The van der Waals surface area contributed by atoms with Crippen molar-refractivity contribution in [2.24, 2.45) is 0 Å². The molecule has 21 heavy (non-hydrogen) atoms. The summed E-state index contributed by atoms with van der Waals surface area (Å²) in [6.07, 6.45) is 2.49. The van der Waals surface area contributed by atoms with E-state index in [0.717, 1.165) is 5.75 Å². The summed E-state index contributed by atoms with van der Waals surface area (Å²) >= 11 is 0. The molecule has 1 aliphatic rings. The van der Waals surface area contributed by atoms with Crippen LogP contribution < -0.4 is 10.1 Å². The van der Waals surface area contributed by atoms with Crippen molar-refractivity contribution in [1.82, 2.24) is 5.32 Å². The molecule has 0 aliphatic heterocycles. The number of hydrogen-bond donors (Lipinski definition) is 1. The Bertz CT molecular complexity index is 572. The number of hydrogen-bond acceptors (Lipinski definition) is 2. The van der Waals surface area contributed by atoms with Crippen LogP contribution in [0.15, 0.2) is 54.6 Å². The highest BCUT2D eigenvalue weighted by atomic mass is 16.5. The van der Waals surface area contributed by atoms with Crippen LogP contribution in [-0.4, -0.2) is 13.7 Å². The smallest absolute Gasteiger partial charge is 0.119 e. The van der Waals surface area contributed by atoms with Crippen molar-refractivity contribution >= 4 is 0 Å². The lowest BCUT2D eigenvalue weighted by molar-refractivity contribution is 0.340. The maximum atomic E-state index is 5.54. The molecule has 1 unspecified atom stereocenters. The van der Waals surface area contributed by atoms with Gasteiger partial charge in [-0.25, -0.2) is 0 Å². The van der Waals surface area contributed by atoms with Gasteiger partial charge in [0.25, 0.3) is 0 Å². The Morgan fingerprint density at radius 2 is 1.71 bits per heavy atom. The Kier molecular flexibility index (Phi) is 3.98. The van der Waals surface area contributed by atoms with E-state index in [4.69, 9.17) is 4.74 Å². The Morgan fingerprint density at radius 3 is 2.24 bits per heavy atom. The van der Waals surface area contributed by atoms with E-state index in [-0.39, 0.29) is 5.41 Å². The molecule has 2 nitrogen and oxygen atoms in total. The fourth-order valence-electron chi connectivity index (χ4n) is 3.33. The zero-order valence-corrected chi connectivity index (χ0v) is 12.8. The predicted molar refractivity (Wildman–Crippen MR) is 86.8 cm³/mol. The topological polar surface area (TPSA) is 21.3 Å². The van der Waals surface area contributed by atoms with Crippen LogP contribution in [0.2, 0.25) is 0 Å². The minimum Gasteiger partial charge on any atom is -0.494 e. The number of ether oxygens (including phenoxy) is 1. The second-order valence-electron chi connectivity index (χ2n) is 5.75. The minimum atomic E-state index is 0.253. The molecule has 0 spiro atoms. The van der Waals surface area contributed by atoms with E-state index in [2.05, 4.69) is 67.0 Å². The van der Waals surface area contributed by atoms with Crippen LogP contribution in [-0.2, 0) is 5.41 Å². The summed E-state index contributed by atoms with van der Waals surface area (Å²) in [7, 11) is 2.06. The molecule has 1 saturated carbocycles. The van der Waals surface area contributed by atoms with E-state index < -0.39 is 0 Å². The maximum absolute atomic E-state index is 5.54. The van der Waals surface area contributed by atoms with Crippen molar-refractivity contribution in [3.63, 3.8) is 0 Å². The molecule has 2 aromatic carbocycles. The number of rotatable bonds is 6. The van der Waals surface area contributed by atoms with Crippen LogP contribution in [0.5, 0.6) is 5.75 Å². The van der Waals surface area contributed by atoms with Gasteiger partial charge in [0.1, 0.15) is 5.75 Å². The van der Waals surface area contributed by atoms with Gasteiger partial charge in [0.15, 0.2) is 0 Å². The largest absolute Gasteiger partial charge is 0.494 e. The minimum absolute atomic E-state index is 0.253. The van der Waals surface area contributed by atoms with Crippen LogP contribution in [0.1, 0.15) is 36.9 Å². The lowest BCUT2D eigenvalue weighted by atomic mass is 9.84. The summed E-state index contributed by atoms with van der Waals surface area (Å²) in [5.41, 5.74) is 3.03. The second kappa shape index (κ2) is 5.90. The first-order valence-electron chi connectivity index (χ1n) is 7.76. The second-order valence-corrected chi connectivity index (χ2v) is 5.75. The fourth-order valence-corrected chi connectivity index (χ4v) is 3.33. The summed E-state index contributed by atoms with van der Waals surface area (Å²) in [4.78, 5) is 0. The van der Waals surface area contributed by atoms with Crippen molar-refractivity contribution in [2.75, 3.05) is 13.7 Å². The van der Waals surface area contributed by atoms with Crippen LogP contribution in [0.3, 0.4) is 0 Å². The van der Waals surface area contributed by atoms with Crippen LogP contribution >= 0.6 is 0 Å². The molecule has 1 atom stereocenters. The van der Waals surface area contributed by atoms with E-state index in [1.54, 1.807) is 0 Å². The highest BCUT2D eigenvalue weighted by Crippen LogP contribution is 2.56. The van der Waals surface area contributed by atoms with Gasteiger partial charge in [-0.1, -0.05) is 42.5 Å². The molecule has 0 bridgehead atoms. The van der Waals surface area contributed by atoms with Gasteiger partial charge in [-0.15, -0.1) is 0 Å². The first-order chi connectivity index (χ1) is 10.3. The van der Waals surface area contributed by atoms with Crippen molar-refractivity contribution in [3.05, 3.63) is 65.7 Å². The van der Waals surface area contributed by atoms with Crippen LogP contribution in [0, 0.1) is 0 Å². The lowest BCUT2D eigenvalue weighted by Gasteiger charge is -2.28. The lowest BCUT2D eigenvalue weighted by Crippen LogP contribution is -2.29. The molecule has 110 valence electrons. The third kappa shape index (κ3) is 2.68. The molecule has 1 N–H and O–H groups in total. The van der Waals surface area contributed by atoms with E-state index in [9.17, 15) is 0 Å². The van der Waals surface area contributed by atoms with Gasteiger partial charge in [-0.2, -0.15) is 0 Å². The average Bonchev–Trinajstić information content (AvgIpc) is 3.33. The number of likely N-dealkylation sites (N-methyl/N-ethyl adjacent to an activating group) is 1. The van der Waals surface area contributed by atoms with E-state index in [1.165, 1.54) is 24.0 Å². The molecule has 0 aromatic heterocycles. The molecular formula is C19H23NO. The molecule has 0 saturated heterocycles. The fraction of sp³-hybridized carbons (Fsp3) is 0.368. The van der Waals surface area contributed by atoms with Crippen molar-refractivity contribution < 1.29 is 4.74 Å². The van der Waals surface area contributed by atoms with Crippen LogP contribution in [0.4, 0.5) is 0 Å². The van der Waals surface area contributed by atoms with Crippen molar-refractivity contribution in [3.8, 4) is 5.75 Å². The summed E-state index contributed by atoms with van der Waals surface area (Å²) in [6, 6.07) is 19.8. The van der Waals surface area contributed by atoms with E-state index in [0.29, 0.717) is 12.6 Å². The highest BCUT2D eigenvalue weighted by molar-refractivity contribution is 5.40. The van der Waals surface area contributed by atoms with Crippen molar-refractivity contribution in [1.29, 1.82) is 0 Å². The zero-order valence-electron chi connectivity index (χ0n) is 12.8. The Morgan fingerprint density at radius 1 is 1.05 bits per heavy atom.